The quantitative estimate of drug-likeness (QED) is 0.526. The van der Waals surface area contributed by atoms with Crippen LogP contribution < -0.4 is 20.5 Å². The van der Waals surface area contributed by atoms with Crippen LogP contribution in [-0.2, 0) is 19.1 Å². The maximum absolute atomic E-state index is 15.0. The lowest BCUT2D eigenvalue weighted by molar-refractivity contribution is -0.191. The van der Waals surface area contributed by atoms with Crippen LogP contribution in [0.1, 0.15) is 12.8 Å². The number of Topliss-reactive ketones (excluding diaryl/α,β-unsaturated/α-hetero) is 1. The topological polar surface area (TPSA) is 141 Å². The predicted molar refractivity (Wildman–Crippen MR) is 127 cm³/mol. The summed E-state index contributed by atoms with van der Waals surface area (Å²) in [6.45, 7) is 1.51. The highest BCUT2D eigenvalue weighted by atomic mass is 32.1. The largest absolute Gasteiger partial charge is 0.444 e. The summed E-state index contributed by atoms with van der Waals surface area (Å²) < 4.78 is 44.9. The number of hydrogen-bond acceptors (Lipinski definition) is 10. The number of carbonyl (C=O) groups excluding carboxylic acids is 5. The number of carbonyl (C=O) groups is 3. The summed E-state index contributed by atoms with van der Waals surface area (Å²) in [6.07, 6.45) is -3.12. The molecule has 16 heteroatoms. The summed E-state index contributed by atoms with van der Waals surface area (Å²) in [6, 6.07) is 3.94. The number of aromatic nitrogens is 1. The molecule has 2 saturated heterocycles. The van der Waals surface area contributed by atoms with Crippen LogP contribution in [0.4, 0.5) is 39.3 Å². The van der Waals surface area contributed by atoms with Gasteiger partial charge in [0.25, 0.3) is 6.43 Å². The van der Waals surface area contributed by atoms with Crippen molar-refractivity contribution in [1.29, 1.82) is 0 Å². The van der Waals surface area contributed by atoms with Gasteiger partial charge in [-0.05, 0) is 24.6 Å². The van der Waals surface area contributed by atoms with Gasteiger partial charge in [-0.3, -0.25) is 20.0 Å². The van der Waals surface area contributed by atoms with Crippen LogP contribution in [0.3, 0.4) is 0 Å². The third-order valence-electron chi connectivity index (χ3n) is 5.58. The first-order chi connectivity index (χ1) is 18.2. The first kappa shape index (κ1) is 28.6. The molecule has 38 heavy (non-hydrogen) atoms. The number of hydrazine groups is 1. The predicted octanol–water partition coefficient (Wildman–Crippen LogP) is 2.50. The Hall–Kier alpha value is -4.01. The van der Waals surface area contributed by atoms with Crippen LogP contribution in [0.25, 0.3) is 0 Å². The van der Waals surface area contributed by atoms with Crippen molar-refractivity contribution < 1.29 is 41.9 Å². The molecular formula is C22H23F3N6O6S. The van der Waals surface area contributed by atoms with Gasteiger partial charge in [0.05, 0.1) is 24.5 Å². The second-order valence-electron chi connectivity index (χ2n) is 7.96. The number of benzene rings is 1. The molecule has 1 aromatic carbocycles. The highest BCUT2D eigenvalue weighted by molar-refractivity contribution is 7.13. The number of rotatable bonds is 7. The van der Waals surface area contributed by atoms with Gasteiger partial charge in [0.1, 0.15) is 11.9 Å². The number of anilines is 3. The fourth-order valence-corrected chi connectivity index (χ4v) is 4.32. The lowest BCUT2D eigenvalue weighted by Gasteiger charge is -2.24. The van der Waals surface area contributed by atoms with E-state index in [1.54, 1.807) is 22.5 Å². The number of urea groups is 1. The smallest absolute Gasteiger partial charge is 0.414 e. The summed E-state index contributed by atoms with van der Waals surface area (Å²) in [4.78, 5) is 59.0. The van der Waals surface area contributed by atoms with Crippen LogP contribution in [0.2, 0.25) is 0 Å². The molecule has 4 rings (SSSR count). The Morgan fingerprint density at radius 3 is 2.68 bits per heavy atom. The molecular weight excluding hydrogens is 533 g/mol. The number of thiazole rings is 1. The van der Waals surface area contributed by atoms with Crippen molar-refractivity contribution in [3.63, 3.8) is 0 Å². The summed E-state index contributed by atoms with van der Waals surface area (Å²) in [5.41, 5.74) is 3.57. The first-order valence-corrected chi connectivity index (χ1v) is 12.2. The second kappa shape index (κ2) is 13.5. The van der Waals surface area contributed by atoms with Crippen LogP contribution in [0, 0.1) is 5.82 Å². The van der Waals surface area contributed by atoms with Gasteiger partial charge in [-0.1, -0.05) is 0 Å². The SMILES string of the molecule is O=C(CC[C@H]1CN(c2ccc(N3CCNN(C(=O)Nc4nccs4)CC3)c(F)c2)C(=O)O1)C(F)F.O=C=O. The maximum atomic E-state index is 15.0. The molecule has 0 bridgehead atoms. The summed E-state index contributed by atoms with van der Waals surface area (Å²) in [7, 11) is 0. The number of ketones is 1. The molecule has 0 radical (unpaired) electrons. The molecule has 3 amide bonds. The Bertz CT molecular complexity index is 1160. The molecule has 2 aliphatic heterocycles. The molecule has 12 nitrogen and oxygen atoms in total. The van der Waals surface area contributed by atoms with E-state index < -0.39 is 36.6 Å². The average Bonchev–Trinajstić information content (AvgIpc) is 3.45. The number of amides is 3. The van der Waals surface area contributed by atoms with Gasteiger partial charge in [0.2, 0.25) is 0 Å². The zero-order chi connectivity index (χ0) is 27.7. The molecule has 2 aromatic rings. The third kappa shape index (κ3) is 7.50. The van der Waals surface area contributed by atoms with E-state index in [0.29, 0.717) is 30.5 Å². The van der Waals surface area contributed by atoms with Crippen molar-refractivity contribution in [3.05, 3.63) is 35.6 Å². The minimum absolute atomic E-state index is 0.0284. The number of hydrogen-bond donors (Lipinski definition) is 2. The Morgan fingerprint density at radius 2 is 2.03 bits per heavy atom. The van der Waals surface area contributed by atoms with Gasteiger partial charge in [-0.15, -0.1) is 11.3 Å². The number of cyclic esters (lactones) is 1. The zero-order valence-corrected chi connectivity index (χ0v) is 20.6. The minimum atomic E-state index is -3.06. The van der Waals surface area contributed by atoms with E-state index in [1.165, 1.54) is 33.4 Å². The van der Waals surface area contributed by atoms with Gasteiger partial charge < -0.3 is 9.64 Å². The Kier molecular flexibility index (Phi) is 10.2. The Morgan fingerprint density at radius 1 is 1.26 bits per heavy atom. The van der Waals surface area contributed by atoms with Gasteiger partial charge in [0.15, 0.2) is 10.9 Å². The van der Waals surface area contributed by atoms with E-state index in [9.17, 15) is 23.2 Å². The fraction of sp³-hybridized carbons (Fsp3) is 0.409. The number of nitrogens with one attached hydrogen (secondary N) is 2. The second-order valence-corrected chi connectivity index (χ2v) is 8.85. The van der Waals surface area contributed by atoms with Crippen molar-refractivity contribution in [2.75, 3.05) is 47.8 Å². The highest BCUT2D eigenvalue weighted by Gasteiger charge is 2.33. The Balaban J connectivity index is 0.00000127. The van der Waals surface area contributed by atoms with E-state index in [1.807, 2.05) is 0 Å². The molecule has 2 aliphatic rings. The van der Waals surface area contributed by atoms with Crippen molar-refractivity contribution in [1.82, 2.24) is 15.4 Å². The van der Waals surface area contributed by atoms with E-state index in [2.05, 4.69) is 15.7 Å². The molecule has 0 aliphatic carbocycles. The van der Waals surface area contributed by atoms with Crippen LogP contribution in [0.15, 0.2) is 29.8 Å². The number of alkyl halides is 2. The van der Waals surface area contributed by atoms with Crippen molar-refractivity contribution in [2.24, 2.45) is 0 Å². The molecule has 0 spiro atoms. The molecule has 0 saturated carbocycles. The van der Waals surface area contributed by atoms with E-state index in [0.717, 1.165) is 0 Å². The average molecular weight is 557 g/mol. The maximum Gasteiger partial charge on any atom is 0.414 e. The molecule has 3 heterocycles. The summed E-state index contributed by atoms with van der Waals surface area (Å²) >= 11 is 1.30. The normalized spacial score (nSPS) is 17.3. The highest BCUT2D eigenvalue weighted by Crippen LogP contribution is 2.29. The Labute approximate surface area is 218 Å². The zero-order valence-electron chi connectivity index (χ0n) is 19.8. The number of ether oxygens (including phenoxy) is 1. The molecule has 2 N–H and O–H groups in total. The van der Waals surface area contributed by atoms with Crippen LogP contribution >= 0.6 is 11.3 Å². The van der Waals surface area contributed by atoms with Crippen molar-refractivity contribution >= 4 is 51.9 Å². The summed E-state index contributed by atoms with van der Waals surface area (Å²) in [5, 5.41) is 6.32. The third-order valence-corrected chi connectivity index (χ3v) is 6.27. The number of nitrogens with zero attached hydrogens (tertiary/aromatic N) is 4. The standard InChI is InChI=1S/C21H23F3N6O4S.CO2/c22-15-11-13(29-12-14(34-21(29)33)2-4-17(31)18(23)24)1-3-16(15)28-7-5-26-30(9-8-28)20(32)27-19-25-6-10-35-19;2-1-3/h1,3,6,10-11,14,18,26H,2,4-5,7-9,12H2,(H,25,27,32);/t14-;/m0./s1. The molecule has 1 aromatic heterocycles. The fourth-order valence-electron chi connectivity index (χ4n) is 3.81. The summed E-state index contributed by atoms with van der Waals surface area (Å²) in [5.74, 6) is -1.77. The minimum Gasteiger partial charge on any atom is -0.444 e. The van der Waals surface area contributed by atoms with Gasteiger partial charge in [0, 0.05) is 37.6 Å². The molecule has 204 valence electrons. The van der Waals surface area contributed by atoms with Crippen LogP contribution in [-0.4, -0.2) is 79.3 Å². The first-order valence-electron chi connectivity index (χ1n) is 11.3. The van der Waals surface area contributed by atoms with Crippen molar-refractivity contribution in [3.8, 4) is 0 Å². The van der Waals surface area contributed by atoms with Crippen LogP contribution in [0.5, 0.6) is 0 Å². The van der Waals surface area contributed by atoms with Gasteiger partial charge in [-0.2, -0.15) is 9.59 Å². The molecule has 2 fully saturated rings. The lowest BCUT2D eigenvalue weighted by Crippen LogP contribution is -2.46. The molecule has 0 unspecified atom stereocenters. The number of halogens is 3. The van der Waals surface area contributed by atoms with Gasteiger partial charge >= 0.3 is 18.3 Å². The van der Waals surface area contributed by atoms with E-state index in [-0.39, 0.29) is 37.4 Å². The van der Waals surface area contributed by atoms with E-state index >= 15 is 4.39 Å². The monoisotopic (exact) mass is 556 g/mol. The van der Waals surface area contributed by atoms with Gasteiger partial charge in [-0.25, -0.2) is 33.2 Å². The molecule has 1 atom stereocenters. The van der Waals surface area contributed by atoms with Crippen molar-refractivity contribution in [2.45, 2.75) is 25.4 Å². The lowest BCUT2D eigenvalue weighted by atomic mass is 10.1. The van der Waals surface area contributed by atoms with E-state index in [4.69, 9.17) is 14.3 Å².